The molecule has 3 heterocycles. The van der Waals surface area contributed by atoms with Crippen LogP contribution in [-0.2, 0) is 28.9 Å². The zero-order valence-corrected chi connectivity index (χ0v) is 20.9. The van der Waals surface area contributed by atoms with Crippen molar-refractivity contribution in [1.29, 1.82) is 0 Å². The van der Waals surface area contributed by atoms with E-state index in [0.29, 0.717) is 18.9 Å². The summed E-state index contributed by atoms with van der Waals surface area (Å²) in [7, 11) is 0. The fraction of sp³-hybridized carbons (Fsp3) is 0.286. The number of carbonyl (C=O) groups excluding carboxylic acids is 1. The number of nitrogens with one attached hydrogen (secondary N) is 1. The molecule has 0 saturated heterocycles. The van der Waals surface area contributed by atoms with E-state index >= 15 is 0 Å². The van der Waals surface area contributed by atoms with E-state index in [1.807, 2.05) is 23.9 Å². The molecule has 7 nitrogen and oxygen atoms in total. The summed E-state index contributed by atoms with van der Waals surface area (Å²) in [6, 6.07) is 16.7. The first-order chi connectivity index (χ1) is 17.7. The highest BCUT2D eigenvalue weighted by atomic mass is 32.1. The first-order valence-corrected chi connectivity index (χ1v) is 13.2. The van der Waals surface area contributed by atoms with Crippen molar-refractivity contribution in [3.05, 3.63) is 77.1 Å². The number of anilines is 2. The van der Waals surface area contributed by atoms with Gasteiger partial charge in [0.15, 0.2) is 0 Å². The first kappa shape index (κ1) is 22.7. The van der Waals surface area contributed by atoms with Gasteiger partial charge in [0.25, 0.3) is 0 Å². The summed E-state index contributed by atoms with van der Waals surface area (Å²) < 4.78 is 7.19. The zero-order chi connectivity index (χ0) is 24.5. The fourth-order valence-corrected chi connectivity index (χ4v) is 6.39. The van der Waals surface area contributed by atoms with Crippen molar-refractivity contribution >= 4 is 49.9 Å². The van der Waals surface area contributed by atoms with Crippen molar-refractivity contribution in [2.24, 2.45) is 5.92 Å². The predicted octanol–water partition coefficient (Wildman–Crippen LogP) is 5.89. The highest BCUT2D eigenvalue weighted by molar-refractivity contribution is 7.19. The van der Waals surface area contributed by atoms with Crippen LogP contribution in [0.5, 0.6) is 0 Å². The molecular weight excluding hydrogens is 470 g/mol. The van der Waals surface area contributed by atoms with Crippen molar-refractivity contribution in [3.8, 4) is 0 Å². The summed E-state index contributed by atoms with van der Waals surface area (Å²) in [5.74, 6) is 1.05. The maximum Gasteiger partial charge on any atom is 0.306 e. The molecule has 8 heteroatoms. The van der Waals surface area contributed by atoms with Gasteiger partial charge in [-0.2, -0.15) is 5.10 Å². The molecule has 0 fully saturated rings. The maximum atomic E-state index is 12.0. The Morgan fingerprint density at radius 3 is 2.94 bits per heavy atom. The average molecular weight is 498 g/mol. The Morgan fingerprint density at radius 1 is 1.19 bits per heavy atom. The smallest absolute Gasteiger partial charge is 0.306 e. The molecule has 2 aromatic carbocycles. The van der Waals surface area contributed by atoms with E-state index in [9.17, 15) is 4.79 Å². The molecule has 1 aliphatic rings. The highest BCUT2D eigenvalue weighted by Crippen LogP contribution is 2.41. The van der Waals surface area contributed by atoms with Gasteiger partial charge in [-0.3, -0.25) is 9.48 Å². The number of benzene rings is 2. The minimum absolute atomic E-state index is 0.100. The normalized spacial score (nSPS) is 15.2. The topological polar surface area (TPSA) is 81.9 Å². The van der Waals surface area contributed by atoms with Crippen LogP contribution >= 0.6 is 11.3 Å². The van der Waals surface area contributed by atoms with Crippen molar-refractivity contribution in [1.82, 2.24) is 19.7 Å². The van der Waals surface area contributed by atoms with Crippen LogP contribution in [0.3, 0.4) is 0 Å². The number of ether oxygens (including phenoxy) is 1. The number of aromatic nitrogens is 4. The third-order valence-corrected chi connectivity index (χ3v) is 7.95. The van der Waals surface area contributed by atoms with Gasteiger partial charge in [0.1, 0.15) is 17.0 Å². The molecule has 0 amide bonds. The summed E-state index contributed by atoms with van der Waals surface area (Å²) in [5, 5.41) is 10.3. The molecular formula is C28H27N5O2S. The van der Waals surface area contributed by atoms with Gasteiger partial charge in [-0.15, -0.1) is 11.3 Å². The van der Waals surface area contributed by atoms with Crippen molar-refractivity contribution < 1.29 is 9.53 Å². The Balaban J connectivity index is 1.25. The van der Waals surface area contributed by atoms with E-state index in [0.717, 1.165) is 58.4 Å². The lowest BCUT2D eigenvalue weighted by molar-refractivity contribution is -0.144. The van der Waals surface area contributed by atoms with Gasteiger partial charge in [-0.1, -0.05) is 30.3 Å². The second-order valence-corrected chi connectivity index (χ2v) is 10.3. The molecule has 0 spiro atoms. The van der Waals surface area contributed by atoms with Gasteiger partial charge in [0, 0.05) is 22.4 Å². The summed E-state index contributed by atoms with van der Waals surface area (Å²) in [6.07, 6.45) is 6.80. The molecule has 1 aliphatic carbocycles. The van der Waals surface area contributed by atoms with Gasteiger partial charge >= 0.3 is 5.97 Å². The third-order valence-electron chi connectivity index (χ3n) is 6.79. The highest BCUT2D eigenvalue weighted by Gasteiger charge is 2.27. The van der Waals surface area contributed by atoms with E-state index in [-0.39, 0.29) is 5.97 Å². The third kappa shape index (κ3) is 4.44. The first-order valence-electron chi connectivity index (χ1n) is 12.4. The van der Waals surface area contributed by atoms with E-state index in [2.05, 4.69) is 62.8 Å². The number of aryl methyl sites for hydroxylation is 1. The number of carbonyl (C=O) groups is 1. The lowest BCUT2D eigenvalue weighted by atomic mass is 9.86. The SMILES string of the molecule is CCOC(=O)CC1CCc2c(sc3ncnc(Nc4ccc5c(cnn5Cc5ccccc5)c4)c23)C1. The van der Waals surface area contributed by atoms with E-state index < -0.39 is 0 Å². The fourth-order valence-electron chi connectivity index (χ4n) is 5.09. The van der Waals surface area contributed by atoms with Gasteiger partial charge in [-0.25, -0.2) is 9.97 Å². The summed E-state index contributed by atoms with van der Waals surface area (Å²) in [4.78, 5) is 23.4. The Morgan fingerprint density at radius 2 is 2.08 bits per heavy atom. The molecule has 5 aromatic rings. The molecule has 1 N–H and O–H groups in total. The number of fused-ring (bicyclic) bond motifs is 4. The van der Waals surface area contributed by atoms with Gasteiger partial charge in [0.05, 0.1) is 30.3 Å². The predicted molar refractivity (Wildman–Crippen MR) is 143 cm³/mol. The summed E-state index contributed by atoms with van der Waals surface area (Å²) in [6.45, 7) is 3.02. The van der Waals surface area contributed by atoms with Crippen molar-refractivity contribution in [2.75, 3.05) is 11.9 Å². The molecule has 3 aromatic heterocycles. The number of esters is 1. The largest absolute Gasteiger partial charge is 0.466 e. The van der Waals surface area contributed by atoms with Crippen LogP contribution in [0.2, 0.25) is 0 Å². The second kappa shape index (κ2) is 9.70. The Kier molecular flexibility index (Phi) is 6.11. The van der Waals surface area contributed by atoms with E-state index in [4.69, 9.17) is 4.74 Å². The van der Waals surface area contributed by atoms with Gasteiger partial charge in [0.2, 0.25) is 0 Å². The standard InChI is InChI=1S/C28H27N5O2S/c1-2-35-25(34)13-19-8-10-22-24(12-19)36-28-26(22)27(29-17-30-28)32-21-9-11-23-20(14-21)15-31-33(23)16-18-6-4-3-5-7-18/h3-7,9,11,14-15,17,19H,2,8,10,12-13,16H2,1H3,(H,29,30,32). The molecule has 6 rings (SSSR count). The van der Waals surface area contributed by atoms with E-state index in [1.165, 1.54) is 16.0 Å². The Bertz CT molecular complexity index is 1540. The zero-order valence-electron chi connectivity index (χ0n) is 20.1. The molecule has 0 saturated carbocycles. The minimum atomic E-state index is -0.100. The molecule has 0 aliphatic heterocycles. The van der Waals surface area contributed by atoms with Crippen LogP contribution in [0.25, 0.3) is 21.1 Å². The molecule has 182 valence electrons. The van der Waals surface area contributed by atoms with Crippen LogP contribution in [0.1, 0.15) is 35.8 Å². The lowest BCUT2D eigenvalue weighted by Crippen LogP contribution is -2.18. The van der Waals surface area contributed by atoms with Crippen molar-refractivity contribution in [3.63, 3.8) is 0 Å². The minimum Gasteiger partial charge on any atom is -0.466 e. The maximum absolute atomic E-state index is 12.0. The summed E-state index contributed by atoms with van der Waals surface area (Å²) in [5.41, 5.74) is 4.60. The molecule has 0 radical (unpaired) electrons. The van der Waals surface area contributed by atoms with Gasteiger partial charge < -0.3 is 10.1 Å². The Labute approximate surface area is 213 Å². The summed E-state index contributed by atoms with van der Waals surface area (Å²) >= 11 is 1.72. The van der Waals surface area contributed by atoms with Crippen LogP contribution in [0.4, 0.5) is 11.5 Å². The number of nitrogens with zero attached hydrogens (tertiary/aromatic N) is 4. The van der Waals surface area contributed by atoms with Crippen molar-refractivity contribution in [2.45, 2.75) is 39.2 Å². The van der Waals surface area contributed by atoms with Gasteiger partial charge in [-0.05, 0) is 61.4 Å². The molecule has 1 atom stereocenters. The second-order valence-electron chi connectivity index (χ2n) is 9.21. The molecule has 1 unspecified atom stereocenters. The van der Waals surface area contributed by atoms with Crippen LogP contribution in [0, 0.1) is 5.92 Å². The van der Waals surface area contributed by atoms with E-state index in [1.54, 1.807) is 17.7 Å². The number of rotatable bonds is 7. The molecule has 36 heavy (non-hydrogen) atoms. The average Bonchev–Trinajstić information content (AvgIpc) is 3.45. The van der Waals surface area contributed by atoms with Crippen LogP contribution < -0.4 is 5.32 Å². The lowest BCUT2D eigenvalue weighted by Gasteiger charge is -2.21. The van der Waals surface area contributed by atoms with Crippen LogP contribution in [0.15, 0.2) is 61.1 Å². The number of hydrogen-bond acceptors (Lipinski definition) is 7. The molecule has 0 bridgehead atoms. The number of thiophene rings is 1. The monoisotopic (exact) mass is 497 g/mol. The quantitative estimate of drug-likeness (QED) is 0.282. The van der Waals surface area contributed by atoms with Crippen LogP contribution in [-0.4, -0.2) is 32.3 Å². The number of hydrogen-bond donors (Lipinski definition) is 1. The Hall–Kier alpha value is -3.78.